The lowest BCUT2D eigenvalue weighted by Crippen LogP contribution is -2.13. The van der Waals surface area contributed by atoms with Crippen molar-refractivity contribution in [1.82, 2.24) is 0 Å². The maximum Gasteiger partial charge on any atom is 0.373 e. The van der Waals surface area contributed by atoms with Crippen molar-refractivity contribution in [2.75, 3.05) is 7.11 Å². The van der Waals surface area contributed by atoms with Crippen LogP contribution in [0.2, 0.25) is 0 Å². The molecular weight excluding hydrogens is 206 g/mol. The van der Waals surface area contributed by atoms with E-state index in [0.29, 0.717) is 11.5 Å². The number of ether oxygens (including phenoxy) is 2. The summed E-state index contributed by atoms with van der Waals surface area (Å²) in [7, 11) is 1.30. The molecule has 74 valence electrons. The molecule has 0 spiro atoms. The number of hydrogen-bond acceptors (Lipinski definition) is 4. The van der Waals surface area contributed by atoms with Crippen LogP contribution in [0.15, 0.2) is 27.4 Å². The Hall–Kier alpha value is -1.29. The van der Waals surface area contributed by atoms with E-state index >= 15 is 0 Å². The predicted molar refractivity (Wildman–Crippen MR) is 51.0 cm³/mol. The zero-order valence-corrected chi connectivity index (χ0v) is 8.25. The molecule has 14 heavy (non-hydrogen) atoms. The van der Waals surface area contributed by atoms with Crippen molar-refractivity contribution in [3.8, 4) is 0 Å². The largest absolute Gasteiger partial charge is 0.463 e. The fraction of sp³-hybridized carbons (Fsp3) is 0.333. The number of nitrogens with zero attached hydrogens (tertiary/aromatic N) is 1. The number of dihydropyridines is 1. The van der Waals surface area contributed by atoms with Crippen LogP contribution in [-0.4, -0.2) is 25.5 Å². The van der Waals surface area contributed by atoms with Crippen molar-refractivity contribution < 1.29 is 14.3 Å². The average molecular weight is 214 g/mol. The summed E-state index contributed by atoms with van der Waals surface area (Å²) in [4.78, 5) is 15.2. The van der Waals surface area contributed by atoms with E-state index in [2.05, 4.69) is 9.73 Å². The number of rotatable bonds is 1. The number of aliphatic imine (C=N–C) groups is 1. The molecule has 0 saturated carbocycles. The van der Waals surface area contributed by atoms with Gasteiger partial charge < -0.3 is 9.47 Å². The normalized spacial score (nSPS) is 24.1. The van der Waals surface area contributed by atoms with Crippen LogP contribution in [-0.2, 0) is 14.3 Å². The number of methoxy groups -OCH3 is 1. The van der Waals surface area contributed by atoms with Crippen LogP contribution in [0.4, 0.5) is 0 Å². The van der Waals surface area contributed by atoms with E-state index in [1.807, 2.05) is 0 Å². The maximum absolute atomic E-state index is 11.1. The molecular formula is C9H8ClNO3. The second-order valence-corrected chi connectivity index (χ2v) is 3.32. The second kappa shape index (κ2) is 3.46. The first kappa shape index (κ1) is 9.27. The lowest BCUT2D eigenvalue weighted by Gasteiger charge is -2.13. The fourth-order valence-electron chi connectivity index (χ4n) is 1.31. The Morgan fingerprint density at radius 3 is 3.21 bits per heavy atom. The average Bonchev–Trinajstić information content (AvgIpc) is 2.62. The van der Waals surface area contributed by atoms with Gasteiger partial charge in [0.15, 0.2) is 0 Å². The number of allylic oxidation sites excluding steroid dienone is 1. The predicted octanol–water partition coefficient (Wildman–Crippen LogP) is 1.37. The van der Waals surface area contributed by atoms with Gasteiger partial charge >= 0.3 is 5.97 Å². The minimum Gasteiger partial charge on any atom is -0.463 e. The number of fused-ring (bicyclic) bond motifs is 1. The molecule has 2 rings (SSSR count). The number of halogens is 1. The number of hydrogen-bond donors (Lipinski definition) is 0. The Balaban J connectivity index is 2.28. The van der Waals surface area contributed by atoms with Gasteiger partial charge in [-0.05, 0) is 6.08 Å². The van der Waals surface area contributed by atoms with Crippen molar-refractivity contribution >= 4 is 23.8 Å². The Labute approximate surface area is 85.9 Å². The Bertz CT molecular complexity index is 370. The van der Waals surface area contributed by atoms with Crippen LogP contribution in [0, 0.1) is 0 Å². The summed E-state index contributed by atoms with van der Waals surface area (Å²) < 4.78 is 9.76. The molecule has 5 heteroatoms. The molecule has 0 N–H and O–H groups in total. The standard InChI is InChI=1S/C9H8ClNO3/c1-13-9(12)7-4-5-6(10)2-3-11-8(5)14-7/h3-4,8H,2H2,1H3. The third-order valence-electron chi connectivity index (χ3n) is 2.00. The minimum absolute atomic E-state index is 0.157. The highest BCUT2D eigenvalue weighted by atomic mass is 35.5. The monoisotopic (exact) mass is 213 g/mol. The van der Waals surface area contributed by atoms with E-state index in [1.54, 1.807) is 12.3 Å². The highest BCUT2D eigenvalue weighted by molar-refractivity contribution is 6.31. The Morgan fingerprint density at radius 1 is 1.79 bits per heavy atom. The van der Waals surface area contributed by atoms with Crippen LogP contribution < -0.4 is 0 Å². The van der Waals surface area contributed by atoms with E-state index in [4.69, 9.17) is 16.3 Å². The van der Waals surface area contributed by atoms with E-state index < -0.39 is 12.2 Å². The van der Waals surface area contributed by atoms with Gasteiger partial charge in [0.1, 0.15) is 0 Å². The van der Waals surface area contributed by atoms with Gasteiger partial charge in [0.05, 0.1) is 7.11 Å². The van der Waals surface area contributed by atoms with Crippen molar-refractivity contribution in [2.24, 2.45) is 4.99 Å². The lowest BCUT2D eigenvalue weighted by atomic mass is 10.1. The molecule has 2 aliphatic rings. The first-order valence-electron chi connectivity index (χ1n) is 4.09. The summed E-state index contributed by atoms with van der Waals surface area (Å²) in [6, 6.07) is 0. The third-order valence-corrected chi connectivity index (χ3v) is 2.37. The Morgan fingerprint density at radius 2 is 2.57 bits per heavy atom. The van der Waals surface area contributed by atoms with Crippen LogP contribution >= 0.6 is 11.6 Å². The van der Waals surface area contributed by atoms with E-state index in [9.17, 15) is 4.79 Å². The van der Waals surface area contributed by atoms with Crippen LogP contribution in [0.3, 0.4) is 0 Å². The molecule has 1 atom stereocenters. The summed E-state index contributed by atoms with van der Waals surface area (Å²) >= 11 is 5.94. The molecule has 0 aromatic carbocycles. The molecule has 2 aliphatic heterocycles. The topological polar surface area (TPSA) is 47.9 Å². The first-order valence-corrected chi connectivity index (χ1v) is 4.47. The minimum atomic E-state index is -0.508. The zero-order valence-electron chi connectivity index (χ0n) is 7.49. The molecule has 2 heterocycles. The van der Waals surface area contributed by atoms with Gasteiger partial charge in [0.25, 0.3) is 0 Å². The molecule has 0 amide bonds. The number of carbonyl (C=O) groups is 1. The summed E-state index contributed by atoms with van der Waals surface area (Å²) in [6.45, 7) is 0. The van der Waals surface area contributed by atoms with Crippen molar-refractivity contribution in [1.29, 1.82) is 0 Å². The Kier molecular flexibility index (Phi) is 2.29. The maximum atomic E-state index is 11.1. The summed E-state index contributed by atoms with van der Waals surface area (Å²) in [5.41, 5.74) is 0.745. The molecule has 4 nitrogen and oxygen atoms in total. The van der Waals surface area contributed by atoms with E-state index in [-0.39, 0.29) is 5.76 Å². The van der Waals surface area contributed by atoms with Gasteiger partial charge in [-0.2, -0.15) is 0 Å². The van der Waals surface area contributed by atoms with Gasteiger partial charge in [-0.15, -0.1) is 0 Å². The van der Waals surface area contributed by atoms with Gasteiger partial charge in [-0.25, -0.2) is 4.79 Å². The summed E-state index contributed by atoms with van der Waals surface area (Å²) in [5.74, 6) is -0.351. The summed E-state index contributed by atoms with van der Waals surface area (Å²) in [5, 5.41) is 0.656. The van der Waals surface area contributed by atoms with E-state index in [1.165, 1.54) is 7.11 Å². The quantitative estimate of drug-likeness (QED) is 0.618. The van der Waals surface area contributed by atoms with Gasteiger partial charge in [0, 0.05) is 23.2 Å². The van der Waals surface area contributed by atoms with Crippen LogP contribution in [0.5, 0.6) is 0 Å². The second-order valence-electron chi connectivity index (χ2n) is 2.87. The molecule has 1 unspecified atom stereocenters. The van der Waals surface area contributed by atoms with Gasteiger partial charge in [0.2, 0.25) is 12.0 Å². The highest BCUT2D eigenvalue weighted by Gasteiger charge is 2.30. The molecule has 0 bridgehead atoms. The van der Waals surface area contributed by atoms with E-state index in [0.717, 1.165) is 5.57 Å². The first-order chi connectivity index (χ1) is 6.72. The molecule has 0 aromatic heterocycles. The highest BCUT2D eigenvalue weighted by Crippen LogP contribution is 2.32. The SMILES string of the molecule is COC(=O)C1=CC2=C(Cl)CC=NC2O1. The number of esters is 1. The molecule has 0 saturated heterocycles. The lowest BCUT2D eigenvalue weighted by molar-refractivity contribution is -0.140. The molecule has 0 aromatic rings. The summed E-state index contributed by atoms with van der Waals surface area (Å²) in [6.07, 6.45) is 3.37. The smallest absolute Gasteiger partial charge is 0.373 e. The van der Waals surface area contributed by atoms with Crippen molar-refractivity contribution in [2.45, 2.75) is 12.6 Å². The zero-order chi connectivity index (χ0) is 10.1. The van der Waals surface area contributed by atoms with Crippen molar-refractivity contribution in [3.63, 3.8) is 0 Å². The van der Waals surface area contributed by atoms with Crippen LogP contribution in [0.25, 0.3) is 0 Å². The molecule has 0 radical (unpaired) electrons. The molecule has 0 aliphatic carbocycles. The van der Waals surface area contributed by atoms with Gasteiger partial charge in [-0.3, -0.25) is 4.99 Å². The fourth-order valence-corrected chi connectivity index (χ4v) is 1.52. The molecule has 0 fully saturated rings. The van der Waals surface area contributed by atoms with Gasteiger partial charge in [-0.1, -0.05) is 11.6 Å². The van der Waals surface area contributed by atoms with Crippen molar-refractivity contribution in [3.05, 3.63) is 22.4 Å². The number of carbonyl (C=O) groups excluding carboxylic acids is 1. The van der Waals surface area contributed by atoms with Crippen LogP contribution in [0.1, 0.15) is 6.42 Å². The third kappa shape index (κ3) is 1.42.